The number of halogens is 7. The number of rotatable bonds is 5. The van der Waals surface area contributed by atoms with E-state index in [9.17, 15) is 30.7 Å². The van der Waals surface area contributed by atoms with Gasteiger partial charge in [0.2, 0.25) is 0 Å². The monoisotopic (exact) mass is 224 g/mol. The van der Waals surface area contributed by atoms with Crippen molar-refractivity contribution in [3.05, 3.63) is 12.7 Å². The highest BCUT2D eigenvalue weighted by Crippen LogP contribution is 2.42. The molecule has 0 bridgehead atoms. The molecule has 84 valence electrons. The minimum Gasteiger partial charge on any atom is -0.244 e. The number of hydrogen-bond donors (Lipinski definition) is 0. The van der Waals surface area contributed by atoms with Crippen LogP contribution in [0.2, 0.25) is 0 Å². The van der Waals surface area contributed by atoms with Gasteiger partial charge < -0.3 is 0 Å². The molecule has 0 spiro atoms. The van der Waals surface area contributed by atoms with Gasteiger partial charge in [-0.1, -0.05) is 6.58 Å². The van der Waals surface area contributed by atoms with Crippen LogP contribution in [0.1, 0.15) is 6.42 Å². The van der Waals surface area contributed by atoms with Crippen LogP contribution in [0.5, 0.6) is 0 Å². The van der Waals surface area contributed by atoms with Gasteiger partial charge in [0.25, 0.3) is 5.92 Å². The Labute approximate surface area is 75.4 Å². The molecule has 0 aromatic rings. The van der Waals surface area contributed by atoms with Gasteiger partial charge in [-0.3, -0.25) is 0 Å². The van der Waals surface area contributed by atoms with Crippen molar-refractivity contribution in [2.45, 2.75) is 24.2 Å². The molecule has 0 aliphatic carbocycles. The summed E-state index contributed by atoms with van der Waals surface area (Å²) in [6.07, 6.45) is -2.99. The van der Waals surface area contributed by atoms with E-state index in [1.807, 2.05) is 0 Å². The Morgan fingerprint density at radius 2 is 1.43 bits per heavy atom. The van der Waals surface area contributed by atoms with Gasteiger partial charge in [0, 0.05) is 0 Å². The molecule has 0 heterocycles. The summed E-state index contributed by atoms with van der Waals surface area (Å²) in [7, 11) is 0. The normalized spacial score (nSPS) is 14.2. The zero-order valence-electron chi connectivity index (χ0n) is 6.84. The summed E-state index contributed by atoms with van der Waals surface area (Å²) in [5, 5.41) is 0. The van der Waals surface area contributed by atoms with Crippen molar-refractivity contribution in [1.29, 1.82) is 0 Å². The third-order valence-electron chi connectivity index (χ3n) is 1.42. The average molecular weight is 224 g/mol. The Bertz CT molecular complexity index is 208. The van der Waals surface area contributed by atoms with Crippen LogP contribution in [0.15, 0.2) is 12.7 Å². The van der Waals surface area contributed by atoms with Crippen molar-refractivity contribution in [2.24, 2.45) is 0 Å². The molecule has 0 amide bonds. The molecule has 0 radical (unpaired) electrons. The molecule has 0 fully saturated rings. The first kappa shape index (κ1) is 13.2. The zero-order valence-corrected chi connectivity index (χ0v) is 6.84. The maximum Gasteiger partial charge on any atom is 0.328 e. The van der Waals surface area contributed by atoms with Gasteiger partial charge in [-0.15, -0.1) is 0 Å². The average Bonchev–Trinajstić information content (AvgIpc) is 2.02. The fraction of sp³-hybridized carbons (Fsp3) is 0.714. The van der Waals surface area contributed by atoms with Crippen LogP contribution in [0, 0.1) is 0 Å². The van der Waals surface area contributed by atoms with Crippen LogP contribution in [-0.4, -0.2) is 24.4 Å². The number of allylic oxidation sites excluding steroid dienone is 1. The maximum absolute atomic E-state index is 12.4. The first-order valence-electron chi connectivity index (χ1n) is 3.41. The second-order valence-electron chi connectivity index (χ2n) is 2.70. The predicted octanol–water partition coefficient (Wildman–Crippen LogP) is 3.44. The Morgan fingerprint density at radius 3 is 1.71 bits per heavy atom. The predicted molar refractivity (Wildman–Crippen MR) is 35.6 cm³/mol. The standard InChI is InChI=1S/C7H7F7/c1-2-6(11,12)7(13,14)3-5(9,10)4-8/h2H,1,3-4H2. The minimum absolute atomic E-state index is 0.443. The van der Waals surface area contributed by atoms with Crippen LogP contribution < -0.4 is 0 Å². The summed E-state index contributed by atoms with van der Waals surface area (Å²) in [6.45, 7) is -0.0211. The first-order valence-corrected chi connectivity index (χ1v) is 3.41. The second kappa shape index (κ2) is 3.78. The molecule has 0 aromatic heterocycles. The van der Waals surface area contributed by atoms with E-state index in [0.29, 0.717) is 0 Å². The largest absolute Gasteiger partial charge is 0.328 e. The van der Waals surface area contributed by atoms with Gasteiger partial charge in [0.1, 0.15) is 0 Å². The Kier molecular flexibility index (Phi) is 3.58. The summed E-state index contributed by atoms with van der Waals surface area (Å²) >= 11 is 0. The van der Waals surface area contributed by atoms with E-state index < -0.39 is 36.9 Å². The lowest BCUT2D eigenvalue weighted by atomic mass is 10.0. The summed E-state index contributed by atoms with van der Waals surface area (Å²) in [5.74, 6) is -14.2. The Hall–Kier alpha value is -0.750. The molecule has 0 N–H and O–H groups in total. The van der Waals surface area contributed by atoms with Crippen LogP contribution in [0.4, 0.5) is 30.7 Å². The number of alkyl halides is 7. The molecule has 0 saturated heterocycles. The van der Waals surface area contributed by atoms with E-state index in [1.165, 1.54) is 0 Å². The fourth-order valence-corrected chi connectivity index (χ4v) is 0.639. The lowest BCUT2D eigenvalue weighted by Gasteiger charge is -2.26. The Balaban J connectivity index is 4.73. The lowest BCUT2D eigenvalue weighted by molar-refractivity contribution is -0.218. The molecule has 0 saturated carbocycles. The van der Waals surface area contributed by atoms with E-state index in [-0.39, 0.29) is 0 Å². The van der Waals surface area contributed by atoms with Crippen LogP contribution in [-0.2, 0) is 0 Å². The van der Waals surface area contributed by atoms with Gasteiger partial charge in [0.15, 0.2) is 6.67 Å². The van der Waals surface area contributed by atoms with E-state index >= 15 is 0 Å². The van der Waals surface area contributed by atoms with Gasteiger partial charge in [-0.2, -0.15) is 17.6 Å². The second-order valence-corrected chi connectivity index (χ2v) is 2.70. The van der Waals surface area contributed by atoms with Crippen LogP contribution >= 0.6 is 0 Å². The maximum atomic E-state index is 12.4. The van der Waals surface area contributed by atoms with E-state index in [2.05, 4.69) is 6.58 Å². The molecule has 0 atom stereocenters. The van der Waals surface area contributed by atoms with Crippen molar-refractivity contribution in [3.63, 3.8) is 0 Å². The molecule has 0 nitrogen and oxygen atoms in total. The van der Waals surface area contributed by atoms with Crippen molar-refractivity contribution >= 4 is 0 Å². The van der Waals surface area contributed by atoms with Crippen molar-refractivity contribution in [1.82, 2.24) is 0 Å². The van der Waals surface area contributed by atoms with Crippen molar-refractivity contribution in [2.75, 3.05) is 6.67 Å². The van der Waals surface area contributed by atoms with Gasteiger partial charge >= 0.3 is 11.8 Å². The summed E-state index contributed by atoms with van der Waals surface area (Å²) in [4.78, 5) is 0. The molecular weight excluding hydrogens is 217 g/mol. The van der Waals surface area contributed by atoms with E-state index in [1.54, 1.807) is 0 Å². The smallest absolute Gasteiger partial charge is 0.244 e. The number of hydrogen-bond acceptors (Lipinski definition) is 0. The molecule has 0 aliphatic rings. The van der Waals surface area contributed by atoms with Gasteiger partial charge in [-0.25, -0.2) is 13.2 Å². The highest BCUT2D eigenvalue weighted by molar-refractivity contribution is 5.00. The Morgan fingerprint density at radius 1 is 1.00 bits per heavy atom. The molecule has 0 aliphatic heterocycles. The summed E-state index contributed by atoms with van der Waals surface area (Å²) < 4.78 is 85.0. The molecule has 7 heteroatoms. The molecule has 14 heavy (non-hydrogen) atoms. The molecule has 0 aromatic carbocycles. The van der Waals surface area contributed by atoms with Crippen LogP contribution in [0.3, 0.4) is 0 Å². The minimum atomic E-state index is -5.01. The third kappa shape index (κ3) is 2.88. The third-order valence-corrected chi connectivity index (χ3v) is 1.42. The highest BCUT2D eigenvalue weighted by Gasteiger charge is 2.58. The van der Waals surface area contributed by atoms with Crippen molar-refractivity contribution in [3.8, 4) is 0 Å². The van der Waals surface area contributed by atoms with Crippen LogP contribution in [0.25, 0.3) is 0 Å². The summed E-state index contributed by atoms with van der Waals surface area (Å²) in [6, 6.07) is 0. The van der Waals surface area contributed by atoms with E-state index in [0.717, 1.165) is 0 Å². The van der Waals surface area contributed by atoms with Gasteiger partial charge in [0.05, 0.1) is 6.42 Å². The molecular formula is C7H7F7. The molecule has 0 unspecified atom stereocenters. The first-order chi connectivity index (χ1) is 6.08. The highest BCUT2D eigenvalue weighted by atomic mass is 19.3. The van der Waals surface area contributed by atoms with E-state index in [4.69, 9.17) is 0 Å². The quantitative estimate of drug-likeness (QED) is 0.495. The topological polar surface area (TPSA) is 0 Å². The SMILES string of the molecule is C=CC(F)(F)C(F)(F)CC(F)(F)CF. The zero-order chi connectivity index (χ0) is 11.6. The molecule has 0 rings (SSSR count). The lowest BCUT2D eigenvalue weighted by Crippen LogP contribution is -2.43. The fourth-order valence-electron chi connectivity index (χ4n) is 0.639. The van der Waals surface area contributed by atoms with Crippen molar-refractivity contribution < 1.29 is 30.7 Å². The summed E-state index contributed by atoms with van der Waals surface area (Å²) in [5.41, 5.74) is 0. The van der Waals surface area contributed by atoms with Gasteiger partial charge in [-0.05, 0) is 6.08 Å².